The number of halogens is 1. The van der Waals surface area contributed by atoms with Gasteiger partial charge in [-0.15, -0.1) is 0 Å². The second kappa shape index (κ2) is 5.78. The number of hydrogen-bond donors (Lipinski definition) is 1. The van der Waals surface area contributed by atoms with Crippen molar-refractivity contribution >= 4 is 17.5 Å². The molecule has 110 valence electrons. The fraction of sp³-hybridized carbons (Fsp3) is 0.667. The van der Waals surface area contributed by atoms with Crippen molar-refractivity contribution in [2.75, 3.05) is 19.6 Å². The summed E-state index contributed by atoms with van der Waals surface area (Å²) < 4.78 is 2.07. The third kappa shape index (κ3) is 2.86. The van der Waals surface area contributed by atoms with Crippen molar-refractivity contribution in [3.05, 3.63) is 23.0 Å². The van der Waals surface area contributed by atoms with Crippen LogP contribution in [0.25, 0.3) is 0 Å². The maximum Gasteiger partial charge on any atom is 0.270 e. The zero-order chi connectivity index (χ0) is 14.1. The molecule has 1 aliphatic carbocycles. The van der Waals surface area contributed by atoms with E-state index >= 15 is 0 Å². The first-order valence-corrected chi connectivity index (χ1v) is 7.93. The number of carbonyl (C=O) groups excluding carboxylic acids is 1. The fourth-order valence-corrected chi connectivity index (χ4v) is 3.36. The van der Waals surface area contributed by atoms with E-state index in [2.05, 4.69) is 4.57 Å². The van der Waals surface area contributed by atoms with Crippen molar-refractivity contribution < 1.29 is 4.79 Å². The molecule has 5 heteroatoms. The molecule has 2 N–H and O–H groups in total. The van der Waals surface area contributed by atoms with Crippen molar-refractivity contribution in [3.63, 3.8) is 0 Å². The van der Waals surface area contributed by atoms with Crippen LogP contribution in [0.2, 0.25) is 5.02 Å². The lowest BCUT2D eigenvalue weighted by molar-refractivity contribution is 0.0658. The minimum Gasteiger partial charge on any atom is -0.339 e. The molecule has 2 heterocycles. The lowest BCUT2D eigenvalue weighted by atomic mass is 9.94. The van der Waals surface area contributed by atoms with Crippen molar-refractivity contribution in [1.29, 1.82) is 0 Å². The Morgan fingerprint density at radius 2 is 2.20 bits per heavy atom. The summed E-state index contributed by atoms with van der Waals surface area (Å²) in [7, 11) is 0. The molecule has 0 radical (unpaired) electrons. The molecule has 1 aromatic heterocycles. The number of carbonyl (C=O) groups is 1. The van der Waals surface area contributed by atoms with E-state index in [-0.39, 0.29) is 5.91 Å². The molecule has 2 fully saturated rings. The smallest absolute Gasteiger partial charge is 0.270 e. The quantitative estimate of drug-likeness (QED) is 0.928. The Morgan fingerprint density at radius 1 is 1.40 bits per heavy atom. The van der Waals surface area contributed by atoms with Crippen molar-refractivity contribution in [2.45, 2.75) is 38.1 Å². The second-order valence-corrected chi connectivity index (χ2v) is 6.46. The van der Waals surface area contributed by atoms with Gasteiger partial charge in [-0.05, 0) is 50.6 Å². The van der Waals surface area contributed by atoms with Gasteiger partial charge in [-0.3, -0.25) is 4.79 Å². The molecule has 0 aromatic carbocycles. The number of hydrogen-bond acceptors (Lipinski definition) is 2. The normalized spacial score (nSPS) is 23.1. The van der Waals surface area contributed by atoms with Gasteiger partial charge in [0, 0.05) is 25.3 Å². The van der Waals surface area contributed by atoms with Crippen LogP contribution in [0.3, 0.4) is 0 Å². The number of piperidine rings is 1. The summed E-state index contributed by atoms with van der Waals surface area (Å²) >= 11 is 6.09. The van der Waals surface area contributed by atoms with Gasteiger partial charge in [0.05, 0.1) is 5.02 Å². The van der Waals surface area contributed by atoms with Crippen LogP contribution >= 0.6 is 11.6 Å². The molecule has 4 nitrogen and oxygen atoms in total. The van der Waals surface area contributed by atoms with Crippen LogP contribution in [0.1, 0.15) is 48.6 Å². The van der Waals surface area contributed by atoms with Crippen LogP contribution in [0.5, 0.6) is 0 Å². The number of amides is 1. The Hall–Kier alpha value is -1.00. The number of likely N-dealkylation sites (tertiary alicyclic amines) is 1. The Balaban J connectivity index is 1.74. The van der Waals surface area contributed by atoms with Gasteiger partial charge in [-0.1, -0.05) is 11.6 Å². The minimum atomic E-state index is 0.130. The molecule has 20 heavy (non-hydrogen) atoms. The average Bonchev–Trinajstić information content (AvgIpc) is 3.21. The van der Waals surface area contributed by atoms with Gasteiger partial charge >= 0.3 is 0 Å². The molecule has 1 aromatic rings. The SMILES string of the molecule is NCCC1CCCN(C(=O)c2cc(Cl)cn2C2CC2)C1. The molecule has 0 spiro atoms. The molecule has 1 saturated heterocycles. The van der Waals surface area contributed by atoms with Gasteiger partial charge in [-0.25, -0.2) is 0 Å². The summed E-state index contributed by atoms with van der Waals surface area (Å²) in [5.74, 6) is 0.683. The number of aromatic nitrogens is 1. The van der Waals surface area contributed by atoms with Gasteiger partial charge in [0.15, 0.2) is 0 Å². The molecule has 0 bridgehead atoms. The molecule has 1 atom stereocenters. The summed E-state index contributed by atoms with van der Waals surface area (Å²) in [4.78, 5) is 14.7. The summed E-state index contributed by atoms with van der Waals surface area (Å²) in [6.45, 7) is 2.40. The van der Waals surface area contributed by atoms with Crippen LogP contribution < -0.4 is 5.73 Å². The Bertz CT molecular complexity index is 493. The molecular formula is C15H22ClN3O. The molecule has 3 rings (SSSR count). The Morgan fingerprint density at radius 3 is 2.90 bits per heavy atom. The van der Waals surface area contributed by atoms with Crippen molar-refractivity contribution in [3.8, 4) is 0 Å². The van der Waals surface area contributed by atoms with E-state index in [0.29, 0.717) is 23.5 Å². The maximum absolute atomic E-state index is 12.7. The largest absolute Gasteiger partial charge is 0.339 e. The maximum atomic E-state index is 12.7. The predicted octanol–water partition coefficient (Wildman–Crippen LogP) is 2.68. The standard InChI is InChI=1S/C15H22ClN3O/c16-12-8-14(19(10-12)13-3-4-13)15(20)18-7-1-2-11(9-18)5-6-17/h8,10-11,13H,1-7,9,17H2. The third-order valence-corrected chi connectivity index (χ3v) is 4.56. The van der Waals surface area contributed by atoms with E-state index in [1.54, 1.807) is 0 Å². The van der Waals surface area contributed by atoms with Crippen molar-refractivity contribution in [1.82, 2.24) is 9.47 Å². The number of nitrogens with two attached hydrogens (primary N) is 1. The van der Waals surface area contributed by atoms with E-state index in [9.17, 15) is 4.79 Å². The van der Waals surface area contributed by atoms with Crippen molar-refractivity contribution in [2.24, 2.45) is 11.7 Å². The van der Waals surface area contributed by atoms with E-state index in [0.717, 1.165) is 44.5 Å². The van der Waals surface area contributed by atoms with E-state index in [1.165, 1.54) is 6.42 Å². The first-order chi connectivity index (χ1) is 9.69. The summed E-state index contributed by atoms with van der Waals surface area (Å²) in [5, 5.41) is 0.663. The molecule has 1 saturated carbocycles. The molecule has 1 aliphatic heterocycles. The van der Waals surface area contributed by atoms with Crippen LogP contribution in [0.4, 0.5) is 0 Å². The minimum absolute atomic E-state index is 0.130. The highest BCUT2D eigenvalue weighted by Crippen LogP contribution is 2.38. The van der Waals surface area contributed by atoms with Gasteiger partial charge in [0.1, 0.15) is 5.69 Å². The first-order valence-electron chi connectivity index (χ1n) is 7.55. The first kappa shape index (κ1) is 14.0. The van der Waals surface area contributed by atoms with Crippen LogP contribution in [-0.2, 0) is 0 Å². The summed E-state index contributed by atoms with van der Waals surface area (Å²) in [5.41, 5.74) is 6.40. The number of nitrogens with zero attached hydrogens (tertiary/aromatic N) is 2. The zero-order valence-electron chi connectivity index (χ0n) is 11.7. The average molecular weight is 296 g/mol. The summed E-state index contributed by atoms with van der Waals surface area (Å²) in [6, 6.07) is 2.29. The lowest BCUT2D eigenvalue weighted by Crippen LogP contribution is -2.41. The molecule has 2 aliphatic rings. The van der Waals surface area contributed by atoms with Gasteiger partial charge in [-0.2, -0.15) is 0 Å². The Labute approximate surface area is 124 Å². The van der Waals surface area contributed by atoms with Gasteiger partial charge in [0.2, 0.25) is 0 Å². The van der Waals surface area contributed by atoms with E-state index in [4.69, 9.17) is 17.3 Å². The molecule has 1 unspecified atom stereocenters. The van der Waals surface area contributed by atoms with E-state index in [1.807, 2.05) is 17.2 Å². The summed E-state index contributed by atoms with van der Waals surface area (Å²) in [6.07, 6.45) is 7.48. The van der Waals surface area contributed by atoms with E-state index < -0.39 is 0 Å². The molecular weight excluding hydrogens is 274 g/mol. The highest BCUT2D eigenvalue weighted by molar-refractivity contribution is 6.31. The highest BCUT2D eigenvalue weighted by atomic mass is 35.5. The second-order valence-electron chi connectivity index (χ2n) is 6.02. The highest BCUT2D eigenvalue weighted by Gasteiger charge is 2.31. The fourth-order valence-electron chi connectivity index (χ4n) is 3.15. The van der Waals surface area contributed by atoms with Crippen LogP contribution in [-0.4, -0.2) is 35.0 Å². The number of rotatable bonds is 4. The van der Waals surface area contributed by atoms with Crippen LogP contribution in [0.15, 0.2) is 12.3 Å². The van der Waals surface area contributed by atoms with Gasteiger partial charge < -0.3 is 15.2 Å². The monoisotopic (exact) mass is 295 g/mol. The van der Waals surface area contributed by atoms with Crippen LogP contribution in [0, 0.1) is 5.92 Å². The topological polar surface area (TPSA) is 51.3 Å². The predicted molar refractivity (Wildman–Crippen MR) is 80.0 cm³/mol. The third-order valence-electron chi connectivity index (χ3n) is 4.36. The molecule has 1 amide bonds. The lowest BCUT2D eigenvalue weighted by Gasteiger charge is -2.32. The van der Waals surface area contributed by atoms with Gasteiger partial charge in [0.25, 0.3) is 5.91 Å². The zero-order valence-corrected chi connectivity index (χ0v) is 12.5. The Kier molecular flexibility index (Phi) is 4.03.